The van der Waals surface area contributed by atoms with Gasteiger partial charge in [-0.1, -0.05) is 6.07 Å². The highest BCUT2D eigenvalue weighted by Gasteiger charge is 2.40. The van der Waals surface area contributed by atoms with Crippen molar-refractivity contribution < 1.29 is 19.1 Å². The maximum atomic E-state index is 12.4. The van der Waals surface area contributed by atoms with Crippen LogP contribution in [0.2, 0.25) is 0 Å². The zero-order valence-electron chi connectivity index (χ0n) is 13.1. The summed E-state index contributed by atoms with van der Waals surface area (Å²) in [6.45, 7) is 1.61. The third-order valence-electron chi connectivity index (χ3n) is 4.32. The molecule has 1 atom stereocenters. The Labute approximate surface area is 134 Å². The summed E-state index contributed by atoms with van der Waals surface area (Å²) in [6, 6.07) is 6.45. The van der Waals surface area contributed by atoms with E-state index >= 15 is 0 Å². The molecular formula is C16H21N3O4. The zero-order valence-corrected chi connectivity index (χ0v) is 13.1. The predicted octanol–water partition coefficient (Wildman–Crippen LogP) is 0.828. The summed E-state index contributed by atoms with van der Waals surface area (Å²) >= 11 is 0. The van der Waals surface area contributed by atoms with Gasteiger partial charge in [0.1, 0.15) is 23.6 Å². The minimum Gasteiger partial charge on any atom is -0.497 e. The van der Waals surface area contributed by atoms with Gasteiger partial charge in [0.2, 0.25) is 5.91 Å². The molecule has 3 amide bonds. The van der Waals surface area contributed by atoms with Crippen molar-refractivity contribution >= 4 is 11.9 Å². The summed E-state index contributed by atoms with van der Waals surface area (Å²) < 4.78 is 11.0. The molecule has 1 unspecified atom stereocenters. The summed E-state index contributed by atoms with van der Waals surface area (Å²) in [5, 5.41) is 0. The number of hydrogen-bond acceptors (Lipinski definition) is 4. The van der Waals surface area contributed by atoms with Crippen molar-refractivity contribution in [2.45, 2.75) is 25.0 Å². The SMILES string of the molecule is COc1cccc(OC2CN(C(=O)C3CCCN3C(N)=O)C2)c1. The van der Waals surface area contributed by atoms with E-state index in [0.29, 0.717) is 26.1 Å². The highest BCUT2D eigenvalue weighted by molar-refractivity contribution is 5.87. The van der Waals surface area contributed by atoms with Crippen molar-refractivity contribution in [3.63, 3.8) is 0 Å². The average Bonchev–Trinajstić information content (AvgIpc) is 3.00. The Hall–Kier alpha value is -2.44. The fourth-order valence-corrected chi connectivity index (χ4v) is 3.06. The van der Waals surface area contributed by atoms with E-state index in [9.17, 15) is 9.59 Å². The average molecular weight is 319 g/mol. The second kappa shape index (κ2) is 6.36. The second-order valence-electron chi connectivity index (χ2n) is 5.85. The van der Waals surface area contributed by atoms with Gasteiger partial charge in [-0.3, -0.25) is 4.79 Å². The smallest absolute Gasteiger partial charge is 0.315 e. The second-order valence-corrected chi connectivity index (χ2v) is 5.85. The van der Waals surface area contributed by atoms with Crippen molar-refractivity contribution in [3.05, 3.63) is 24.3 Å². The summed E-state index contributed by atoms with van der Waals surface area (Å²) in [7, 11) is 1.61. The van der Waals surface area contributed by atoms with Crippen molar-refractivity contribution in [2.75, 3.05) is 26.7 Å². The Morgan fingerprint density at radius 2 is 2.00 bits per heavy atom. The number of nitrogens with zero attached hydrogens (tertiary/aromatic N) is 2. The van der Waals surface area contributed by atoms with Gasteiger partial charge in [0, 0.05) is 12.6 Å². The third-order valence-corrected chi connectivity index (χ3v) is 4.32. The van der Waals surface area contributed by atoms with Crippen LogP contribution in [0.3, 0.4) is 0 Å². The topological polar surface area (TPSA) is 85.1 Å². The lowest BCUT2D eigenvalue weighted by Gasteiger charge is -2.41. The van der Waals surface area contributed by atoms with Crippen LogP contribution in [0.5, 0.6) is 11.5 Å². The summed E-state index contributed by atoms with van der Waals surface area (Å²) in [5.41, 5.74) is 5.32. The molecule has 0 aromatic heterocycles. The van der Waals surface area contributed by atoms with Gasteiger partial charge in [-0.25, -0.2) is 4.79 Å². The van der Waals surface area contributed by atoms with E-state index < -0.39 is 12.1 Å². The molecule has 1 aromatic rings. The first kappa shape index (κ1) is 15.5. The number of methoxy groups -OCH3 is 1. The third kappa shape index (κ3) is 3.18. The lowest BCUT2D eigenvalue weighted by Crippen LogP contribution is -2.60. The Kier molecular flexibility index (Phi) is 4.27. The first-order valence-corrected chi connectivity index (χ1v) is 7.74. The number of nitrogens with two attached hydrogens (primary N) is 1. The molecule has 1 aromatic carbocycles. The normalized spacial score (nSPS) is 21.0. The van der Waals surface area contributed by atoms with Gasteiger partial charge in [0.05, 0.1) is 20.2 Å². The molecule has 124 valence electrons. The molecule has 2 N–H and O–H groups in total. The maximum Gasteiger partial charge on any atom is 0.315 e. The van der Waals surface area contributed by atoms with Crippen LogP contribution in [0.15, 0.2) is 24.3 Å². The zero-order chi connectivity index (χ0) is 16.4. The van der Waals surface area contributed by atoms with Gasteiger partial charge in [0.25, 0.3) is 0 Å². The van der Waals surface area contributed by atoms with Gasteiger partial charge in [-0.15, -0.1) is 0 Å². The van der Waals surface area contributed by atoms with Crippen LogP contribution in [-0.4, -0.2) is 60.6 Å². The molecule has 2 fully saturated rings. The van der Waals surface area contributed by atoms with Crippen molar-refractivity contribution in [3.8, 4) is 11.5 Å². The van der Waals surface area contributed by atoms with E-state index in [2.05, 4.69) is 0 Å². The molecule has 0 radical (unpaired) electrons. The quantitative estimate of drug-likeness (QED) is 0.890. The number of amides is 3. The first-order valence-electron chi connectivity index (χ1n) is 7.74. The van der Waals surface area contributed by atoms with Crippen LogP contribution in [0.25, 0.3) is 0 Å². The number of benzene rings is 1. The Balaban J connectivity index is 1.52. The predicted molar refractivity (Wildman–Crippen MR) is 83.3 cm³/mol. The fourth-order valence-electron chi connectivity index (χ4n) is 3.06. The Morgan fingerprint density at radius 1 is 1.26 bits per heavy atom. The van der Waals surface area contributed by atoms with Crippen LogP contribution < -0.4 is 15.2 Å². The van der Waals surface area contributed by atoms with E-state index in [4.69, 9.17) is 15.2 Å². The number of urea groups is 1. The molecule has 7 nitrogen and oxygen atoms in total. The molecular weight excluding hydrogens is 298 g/mol. The highest BCUT2D eigenvalue weighted by atomic mass is 16.5. The number of carbonyl (C=O) groups is 2. The Morgan fingerprint density at radius 3 is 2.70 bits per heavy atom. The molecule has 2 heterocycles. The molecule has 23 heavy (non-hydrogen) atoms. The van der Waals surface area contributed by atoms with Crippen LogP contribution in [0.4, 0.5) is 4.79 Å². The molecule has 2 aliphatic heterocycles. The number of carbonyl (C=O) groups excluding carboxylic acids is 2. The van der Waals surface area contributed by atoms with E-state index in [1.165, 1.54) is 4.90 Å². The standard InChI is InChI=1S/C16H21N3O4/c1-22-11-4-2-5-12(8-11)23-13-9-18(10-13)15(20)14-6-3-7-19(14)16(17)21/h2,4-5,8,13-14H,3,6-7,9-10H2,1H3,(H2,17,21). The fraction of sp³-hybridized carbons (Fsp3) is 0.500. The summed E-state index contributed by atoms with van der Waals surface area (Å²) in [5.74, 6) is 1.42. The number of primary amides is 1. The minimum atomic E-state index is -0.523. The number of rotatable bonds is 4. The van der Waals surface area contributed by atoms with Crippen molar-refractivity contribution in [1.29, 1.82) is 0 Å². The van der Waals surface area contributed by atoms with Gasteiger partial charge in [0.15, 0.2) is 0 Å². The summed E-state index contributed by atoms with van der Waals surface area (Å²) in [6.07, 6.45) is 1.46. The van der Waals surface area contributed by atoms with Crippen molar-refractivity contribution in [2.24, 2.45) is 5.73 Å². The monoisotopic (exact) mass is 319 g/mol. The number of hydrogen-bond donors (Lipinski definition) is 1. The van der Waals surface area contributed by atoms with Crippen LogP contribution in [-0.2, 0) is 4.79 Å². The molecule has 7 heteroatoms. The highest BCUT2D eigenvalue weighted by Crippen LogP contribution is 2.25. The molecule has 0 bridgehead atoms. The molecule has 0 saturated carbocycles. The molecule has 2 aliphatic rings. The van der Waals surface area contributed by atoms with E-state index in [1.807, 2.05) is 24.3 Å². The maximum absolute atomic E-state index is 12.4. The van der Waals surface area contributed by atoms with Gasteiger partial charge in [-0.05, 0) is 25.0 Å². The molecule has 2 saturated heterocycles. The number of likely N-dealkylation sites (tertiary alicyclic amines) is 2. The molecule has 0 spiro atoms. The van der Waals surface area contributed by atoms with Gasteiger partial charge >= 0.3 is 6.03 Å². The van der Waals surface area contributed by atoms with Crippen LogP contribution in [0, 0.1) is 0 Å². The van der Waals surface area contributed by atoms with E-state index in [-0.39, 0.29) is 12.0 Å². The largest absolute Gasteiger partial charge is 0.497 e. The van der Waals surface area contributed by atoms with Gasteiger partial charge < -0.3 is 25.0 Å². The van der Waals surface area contributed by atoms with Crippen LogP contribution in [0.1, 0.15) is 12.8 Å². The lowest BCUT2D eigenvalue weighted by atomic mass is 10.1. The van der Waals surface area contributed by atoms with E-state index in [0.717, 1.165) is 17.9 Å². The molecule has 0 aliphatic carbocycles. The minimum absolute atomic E-state index is 0.0329. The molecule has 3 rings (SSSR count). The Bertz CT molecular complexity index is 601. The first-order chi connectivity index (χ1) is 11.1. The van der Waals surface area contributed by atoms with E-state index in [1.54, 1.807) is 12.0 Å². The summed E-state index contributed by atoms with van der Waals surface area (Å²) in [4.78, 5) is 27.0. The van der Waals surface area contributed by atoms with Crippen molar-refractivity contribution in [1.82, 2.24) is 9.80 Å². The van der Waals surface area contributed by atoms with Crippen LogP contribution >= 0.6 is 0 Å². The van der Waals surface area contributed by atoms with Gasteiger partial charge in [-0.2, -0.15) is 0 Å². The number of ether oxygens (including phenoxy) is 2. The lowest BCUT2D eigenvalue weighted by molar-refractivity contribution is -0.144.